The Hall–Kier alpha value is -1.00. The molecule has 15 heavy (non-hydrogen) atoms. The van der Waals surface area contributed by atoms with Crippen LogP contribution in [-0.4, -0.2) is 29.7 Å². The molecule has 0 saturated heterocycles. The third kappa shape index (κ3) is 3.93. The van der Waals surface area contributed by atoms with E-state index in [2.05, 4.69) is 0 Å². The Morgan fingerprint density at radius 2 is 1.80 bits per heavy atom. The Kier molecular flexibility index (Phi) is 4.65. The number of nitrogens with zero attached hydrogens (tertiary/aromatic N) is 1. The maximum atomic E-state index is 12.9. The number of halogens is 2. The Bertz CT molecular complexity index is 297. The van der Waals surface area contributed by atoms with Gasteiger partial charge in [-0.25, -0.2) is 8.78 Å². The highest BCUT2D eigenvalue weighted by Crippen LogP contribution is 2.10. The Labute approximate surface area is 88.1 Å². The number of rotatable bonds is 5. The standard InChI is InChI=1S/C11H15F2NO/c1-2-14(3-4-15)8-9-5-10(12)7-11(13)6-9/h5-7,15H,2-4,8H2,1H3. The van der Waals surface area contributed by atoms with E-state index in [0.717, 1.165) is 12.6 Å². The van der Waals surface area contributed by atoms with Crippen molar-refractivity contribution in [1.29, 1.82) is 0 Å². The number of hydrogen-bond acceptors (Lipinski definition) is 2. The zero-order valence-corrected chi connectivity index (χ0v) is 8.71. The predicted octanol–water partition coefficient (Wildman–Crippen LogP) is 1.78. The van der Waals surface area contributed by atoms with Crippen LogP contribution in [0.25, 0.3) is 0 Å². The first-order chi connectivity index (χ1) is 7.15. The smallest absolute Gasteiger partial charge is 0.126 e. The molecule has 0 aliphatic heterocycles. The van der Waals surface area contributed by atoms with Crippen molar-refractivity contribution in [3.63, 3.8) is 0 Å². The van der Waals surface area contributed by atoms with Gasteiger partial charge in [-0.1, -0.05) is 6.92 Å². The lowest BCUT2D eigenvalue weighted by Gasteiger charge is -2.19. The van der Waals surface area contributed by atoms with Gasteiger partial charge in [-0.05, 0) is 24.2 Å². The molecule has 0 aromatic heterocycles. The van der Waals surface area contributed by atoms with E-state index in [9.17, 15) is 8.78 Å². The second-order valence-corrected chi connectivity index (χ2v) is 3.37. The molecule has 1 aromatic rings. The SMILES string of the molecule is CCN(CCO)Cc1cc(F)cc(F)c1. The van der Waals surface area contributed by atoms with Crippen molar-refractivity contribution in [2.45, 2.75) is 13.5 Å². The zero-order valence-electron chi connectivity index (χ0n) is 8.71. The van der Waals surface area contributed by atoms with Gasteiger partial charge in [0.1, 0.15) is 11.6 Å². The summed E-state index contributed by atoms with van der Waals surface area (Å²) >= 11 is 0. The topological polar surface area (TPSA) is 23.5 Å². The number of aliphatic hydroxyl groups is 1. The van der Waals surface area contributed by atoms with E-state index >= 15 is 0 Å². The predicted molar refractivity (Wildman–Crippen MR) is 54.4 cm³/mol. The van der Waals surface area contributed by atoms with Crippen LogP contribution >= 0.6 is 0 Å². The lowest BCUT2D eigenvalue weighted by atomic mass is 10.2. The minimum Gasteiger partial charge on any atom is -0.395 e. The van der Waals surface area contributed by atoms with Crippen LogP contribution in [0, 0.1) is 11.6 Å². The molecule has 4 heteroatoms. The van der Waals surface area contributed by atoms with E-state index in [1.807, 2.05) is 11.8 Å². The molecule has 0 amide bonds. The van der Waals surface area contributed by atoms with Crippen molar-refractivity contribution < 1.29 is 13.9 Å². The van der Waals surface area contributed by atoms with Crippen LogP contribution in [0.4, 0.5) is 8.78 Å². The number of hydrogen-bond donors (Lipinski definition) is 1. The van der Waals surface area contributed by atoms with Gasteiger partial charge in [0.05, 0.1) is 6.61 Å². The van der Waals surface area contributed by atoms with E-state index in [4.69, 9.17) is 5.11 Å². The van der Waals surface area contributed by atoms with Gasteiger partial charge in [-0.3, -0.25) is 4.90 Å². The molecule has 0 bridgehead atoms. The maximum Gasteiger partial charge on any atom is 0.126 e. The van der Waals surface area contributed by atoms with Gasteiger partial charge in [0.25, 0.3) is 0 Å². The molecule has 0 aliphatic rings. The Morgan fingerprint density at radius 1 is 1.20 bits per heavy atom. The zero-order chi connectivity index (χ0) is 11.3. The van der Waals surface area contributed by atoms with Gasteiger partial charge in [0, 0.05) is 19.2 Å². The first-order valence-electron chi connectivity index (χ1n) is 4.94. The third-order valence-electron chi connectivity index (χ3n) is 2.19. The highest BCUT2D eigenvalue weighted by atomic mass is 19.1. The largest absolute Gasteiger partial charge is 0.395 e. The normalized spacial score (nSPS) is 11.0. The van der Waals surface area contributed by atoms with Crippen LogP contribution < -0.4 is 0 Å². The van der Waals surface area contributed by atoms with Crippen LogP contribution in [-0.2, 0) is 6.54 Å². The van der Waals surface area contributed by atoms with Crippen molar-refractivity contribution in [1.82, 2.24) is 4.90 Å². The number of likely N-dealkylation sites (N-methyl/N-ethyl adjacent to an activating group) is 1. The summed E-state index contributed by atoms with van der Waals surface area (Å²) in [5, 5.41) is 8.77. The molecule has 0 atom stereocenters. The third-order valence-corrected chi connectivity index (χ3v) is 2.19. The van der Waals surface area contributed by atoms with E-state index in [1.54, 1.807) is 0 Å². The van der Waals surface area contributed by atoms with Crippen molar-refractivity contribution in [3.8, 4) is 0 Å². The quantitative estimate of drug-likeness (QED) is 0.809. The monoisotopic (exact) mass is 215 g/mol. The average molecular weight is 215 g/mol. The fourth-order valence-corrected chi connectivity index (χ4v) is 1.45. The summed E-state index contributed by atoms with van der Waals surface area (Å²) in [6.07, 6.45) is 0. The molecule has 84 valence electrons. The molecule has 0 saturated carbocycles. The fraction of sp³-hybridized carbons (Fsp3) is 0.455. The molecule has 1 rings (SSSR count). The van der Waals surface area contributed by atoms with Crippen LogP contribution in [0.2, 0.25) is 0 Å². The lowest BCUT2D eigenvalue weighted by Crippen LogP contribution is -2.26. The van der Waals surface area contributed by atoms with Crippen LogP contribution in [0.5, 0.6) is 0 Å². The molecule has 0 fully saturated rings. The summed E-state index contributed by atoms with van der Waals surface area (Å²) in [6, 6.07) is 3.47. The summed E-state index contributed by atoms with van der Waals surface area (Å²) < 4.78 is 25.7. The van der Waals surface area contributed by atoms with E-state index in [-0.39, 0.29) is 6.61 Å². The van der Waals surface area contributed by atoms with Gasteiger partial charge < -0.3 is 5.11 Å². The lowest BCUT2D eigenvalue weighted by molar-refractivity contribution is 0.196. The minimum absolute atomic E-state index is 0.0473. The molecule has 2 nitrogen and oxygen atoms in total. The van der Waals surface area contributed by atoms with E-state index in [0.29, 0.717) is 18.7 Å². The van der Waals surface area contributed by atoms with Crippen molar-refractivity contribution >= 4 is 0 Å². The van der Waals surface area contributed by atoms with Gasteiger partial charge in [0.2, 0.25) is 0 Å². The average Bonchev–Trinajstić information content (AvgIpc) is 2.15. The second kappa shape index (κ2) is 5.78. The Balaban J connectivity index is 2.69. The van der Waals surface area contributed by atoms with Crippen LogP contribution in [0.3, 0.4) is 0 Å². The summed E-state index contributed by atoms with van der Waals surface area (Å²) in [6.45, 7) is 3.68. The molecule has 0 radical (unpaired) electrons. The molecule has 1 N–H and O–H groups in total. The summed E-state index contributed by atoms with van der Waals surface area (Å²) in [7, 11) is 0. The van der Waals surface area contributed by atoms with Crippen molar-refractivity contribution in [3.05, 3.63) is 35.4 Å². The van der Waals surface area contributed by atoms with Crippen molar-refractivity contribution in [2.75, 3.05) is 19.7 Å². The van der Waals surface area contributed by atoms with E-state index < -0.39 is 11.6 Å². The van der Waals surface area contributed by atoms with Crippen molar-refractivity contribution in [2.24, 2.45) is 0 Å². The summed E-state index contributed by atoms with van der Waals surface area (Å²) in [4.78, 5) is 1.91. The second-order valence-electron chi connectivity index (χ2n) is 3.37. The fourth-order valence-electron chi connectivity index (χ4n) is 1.45. The van der Waals surface area contributed by atoms with Crippen LogP contribution in [0.15, 0.2) is 18.2 Å². The molecule has 0 spiro atoms. The maximum absolute atomic E-state index is 12.9. The summed E-state index contributed by atoms with van der Waals surface area (Å²) in [5.41, 5.74) is 0.586. The number of benzene rings is 1. The summed E-state index contributed by atoms with van der Waals surface area (Å²) in [5.74, 6) is -1.13. The van der Waals surface area contributed by atoms with Gasteiger partial charge >= 0.3 is 0 Å². The Morgan fingerprint density at radius 3 is 2.27 bits per heavy atom. The molecular weight excluding hydrogens is 200 g/mol. The molecule has 0 aliphatic carbocycles. The highest BCUT2D eigenvalue weighted by molar-refractivity contribution is 5.17. The van der Waals surface area contributed by atoms with Crippen LogP contribution in [0.1, 0.15) is 12.5 Å². The van der Waals surface area contributed by atoms with Gasteiger partial charge in [-0.2, -0.15) is 0 Å². The minimum atomic E-state index is -0.565. The molecular formula is C11H15F2NO. The number of aliphatic hydroxyl groups excluding tert-OH is 1. The first-order valence-corrected chi connectivity index (χ1v) is 4.94. The molecule has 0 heterocycles. The van der Waals surface area contributed by atoms with Gasteiger partial charge in [-0.15, -0.1) is 0 Å². The first kappa shape index (κ1) is 12.1. The highest BCUT2D eigenvalue weighted by Gasteiger charge is 2.05. The molecule has 0 unspecified atom stereocenters. The van der Waals surface area contributed by atoms with Gasteiger partial charge in [0.15, 0.2) is 0 Å². The van der Waals surface area contributed by atoms with E-state index in [1.165, 1.54) is 12.1 Å². The molecule has 1 aromatic carbocycles.